The van der Waals surface area contributed by atoms with Crippen molar-refractivity contribution in [2.24, 2.45) is 0 Å². The van der Waals surface area contributed by atoms with Gasteiger partial charge < -0.3 is 13.9 Å². The van der Waals surface area contributed by atoms with Crippen LogP contribution in [-0.2, 0) is 22.8 Å². The molecule has 8 heteroatoms. The van der Waals surface area contributed by atoms with E-state index in [1.165, 1.54) is 0 Å². The Hall–Kier alpha value is -3.52. The lowest BCUT2D eigenvalue weighted by Crippen LogP contribution is -2.26. The molecule has 0 amide bonds. The summed E-state index contributed by atoms with van der Waals surface area (Å²) in [7, 11) is 0. The second-order valence-corrected chi connectivity index (χ2v) is 6.02. The SMILES string of the molecule is CCOCc1c(C(=O)OCn2nnc3ccccc3c2=O)oc2ccccc12. The van der Waals surface area contributed by atoms with Crippen molar-refractivity contribution in [1.29, 1.82) is 0 Å². The fourth-order valence-corrected chi connectivity index (χ4v) is 2.90. The van der Waals surface area contributed by atoms with Crippen molar-refractivity contribution in [2.45, 2.75) is 20.3 Å². The van der Waals surface area contributed by atoms with Crippen molar-refractivity contribution in [3.05, 3.63) is 70.2 Å². The van der Waals surface area contributed by atoms with Gasteiger partial charge in [0.15, 0.2) is 6.73 Å². The van der Waals surface area contributed by atoms with Gasteiger partial charge in [-0.1, -0.05) is 35.5 Å². The zero-order valence-electron chi connectivity index (χ0n) is 15.1. The zero-order valence-corrected chi connectivity index (χ0v) is 15.1. The van der Waals surface area contributed by atoms with Gasteiger partial charge in [-0.05, 0) is 25.1 Å². The van der Waals surface area contributed by atoms with Gasteiger partial charge >= 0.3 is 5.97 Å². The van der Waals surface area contributed by atoms with Crippen LogP contribution in [0.5, 0.6) is 0 Å². The van der Waals surface area contributed by atoms with Crippen LogP contribution >= 0.6 is 0 Å². The summed E-state index contributed by atoms with van der Waals surface area (Å²) in [6.07, 6.45) is 0. The van der Waals surface area contributed by atoms with Crippen LogP contribution < -0.4 is 5.56 Å². The number of nitrogens with zero attached hydrogens (tertiary/aromatic N) is 3. The van der Waals surface area contributed by atoms with E-state index >= 15 is 0 Å². The Labute approximate surface area is 159 Å². The van der Waals surface area contributed by atoms with Crippen molar-refractivity contribution >= 4 is 27.8 Å². The minimum atomic E-state index is -0.701. The molecule has 0 saturated heterocycles. The molecule has 0 aliphatic carbocycles. The molecule has 0 N–H and O–H groups in total. The number of fused-ring (bicyclic) bond motifs is 2. The molecule has 0 spiro atoms. The first kappa shape index (κ1) is 17.9. The molecule has 2 aromatic heterocycles. The first-order valence-electron chi connectivity index (χ1n) is 8.77. The molecule has 0 unspecified atom stereocenters. The summed E-state index contributed by atoms with van der Waals surface area (Å²) in [5, 5.41) is 8.95. The average molecular weight is 379 g/mol. The van der Waals surface area contributed by atoms with E-state index in [1.54, 1.807) is 30.3 Å². The number of aromatic nitrogens is 3. The van der Waals surface area contributed by atoms with E-state index in [9.17, 15) is 9.59 Å². The first-order chi connectivity index (χ1) is 13.7. The maximum Gasteiger partial charge on any atom is 0.376 e. The van der Waals surface area contributed by atoms with Crippen LogP contribution in [0.15, 0.2) is 57.7 Å². The largest absolute Gasteiger partial charge is 0.449 e. The quantitative estimate of drug-likeness (QED) is 0.475. The molecular weight excluding hydrogens is 362 g/mol. The Morgan fingerprint density at radius 1 is 1.11 bits per heavy atom. The summed E-state index contributed by atoms with van der Waals surface area (Å²) in [6, 6.07) is 14.1. The van der Waals surface area contributed by atoms with Crippen molar-refractivity contribution in [2.75, 3.05) is 6.61 Å². The smallest absolute Gasteiger partial charge is 0.376 e. The number of carbonyl (C=O) groups excluding carboxylic acids is 1. The second-order valence-electron chi connectivity index (χ2n) is 6.02. The molecule has 8 nitrogen and oxygen atoms in total. The Bertz CT molecular complexity index is 1210. The number of hydrogen-bond acceptors (Lipinski definition) is 7. The van der Waals surface area contributed by atoms with Crippen LogP contribution in [0.1, 0.15) is 23.0 Å². The summed E-state index contributed by atoms with van der Waals surface area (Å²) in [5.74, 6) is -0.649. The highest BCUT2D eigenvalue weighted by molar-refractivity contribution is 5.96. The van der Waals surface area contributed by atoms with Gasteiger partial charge in [0.25, 0.3) is 5.56 Å². The molecule has 0 aliphatic heterocycles. The highest BCUT2D eigenvalue weighted by Gasteiger charge is 2.22. The van der Waals surface area contributed by atoms with E-state index < -0.39 is 11.5 Å². The standard InChI is InChI=1S/C20H17N3O5/c1-2-26-11-15-13-7-4-6-10-17(13)28-18(15)20(25)27-12-23-19(24)14-8-3-5-9-16(14)21-22-23/h3-10H,2,11-12H2,1H3. The van der Waals surface area contributed by atoms with E-state index in [2.05, 4.69) is 10.3 Å². The normalized spacial score (nSPS) is 11.2. The van der Waals surface area contributed by atoms with Gasteiger partial charge in [0.1, 0.15) is 11.1 Å². The van der Waals surface area contributed by atoms with Crippen LogP contribution in [0.25, 0.3) is 21.9 Å². The number of furan rings is 1. The van der Waals surface area contributed by atoms with Crippen LogP contribution in [0, 0.1) is 0 Å². The number of esters is 1. The van der Waals surface area contributed by atoms with Crippen molar-refractivity contribution in [3.8, 4) is 0 Å². The predicted octanol–water partition coefficient (Wildman–Crippen LogP) is 2.89. The molecule has 28 heavy (non-hydrogen) atoms. The van der Waals surface area contributed by atoms with Crippen LogP contribution in [0.4, 0.5) is 0 Å². The Balaban J connectivity index is 1.61. The van der Waals surface area contributed by atoms with Gasteiger partial charge in [0, 0.05) is 17.6 Å². The van der Waals surface area contributed by atoms with Crippen LogP contribution in [-0.4, -0.2) is 27.6 Å². The third-order valence-corrected chi connectivity index (χ3v) is 4.28. The fourth-order valence-electron chi connectivity index (χ4n) is 2.90. The molecule has 0 aliphatic rings. The van der Waals surface area contributed by atoms with Gasteiger partial charge in [-0.15, -0.1) is 5.10 Å². The van der Waals surface area contributed by atoms with E-state index in [0.29, 0.717) is 28.7 Å². The number of rotatable bonds is 6. The Morgan fingerprint density at radius 3 is 2.68 bits per heavy atom. The number of ether oxygens (including phenoxy) is 2. The predicted molar refractivity (Wildman–Crippen MR) is 101 cm³/mol. The monoisotopic (exact) mass is 379 g/mol. The fraction of sp³-hybridized carbons (Fsp3) is 0.200. The molecule has 142 valence electrons. The van der Waals surface area contributed by atoms with E-state index in [-0.39, 0.29) is 19.1 Å². The number of carbonyl (C=O) groups is 1. The maximum absolute atomic E-state index is 12.6. The van der Waals surface area contributed by atoms with E-state index in [1.807, 2.05) is 25.1 Å². The van der Waals surface area contributed by atoms with Gasteiger partial charge in [-0.25, -0.2) is 4.79 Å². The number of benzene rings is 2. The lowest BCUT2D eigenvalue weighted by atomic mass is 10.1. The molecule has 0 fully saturated rings. The number of para-hydroxylation sites is 1. The molecule has 0 saturated carbocycles. The molecule has 2 heterocycles. The molecule has 0 bridgehead atoms. The Kier molecular flexibility index (Phi) is 4.86. The van der Waals surface area contributed by atoms with Crippen molar-refractivity contribution in [3.63, 3.8) is 0 Å². The third kappa shape index (κ3) is 3.25. The van der Waals surface area contributed by atoms with Gasteiger partial charge in [0.05, 0.1) is 12.0 Å². The summed E-state index contributed by atoms with van der Waals surface area (Å²) in [6.45, 7) is 2.20. The van der Waals surface area contributed by atoms with Gasteiger partial charge in [-0.2, -0.15) is 4.68 Å². The molecular formula is C20H17N3O5. The third-order valence-electron chi connectivity index (χ3n) is 4.28. The summed E-state index contributed by atoms with van der Waals surface area (Å²) >= 11 is 0. The van der Waals surface area contributed by atoms with E-state index in [0.717, 1.165) is 10.1 Å². The molecule has 4 rings (SSSR count). The number of hydrogen-bond donors (Lipinski definition) is 0. The maximum atomic E-state index is 12.6. The van der Waals surface area contributed by atoms with Crippen molar-refractivity contribution < 1.29 is 18.7 Å². The minimum Gasteiger partial charge on any atom is -0.449 e. The topological polar surface area (TPSA) is 96.5 Å². The molecule has 4 aromatic rings. The summed E-state index contributed by atoms with van der Waals surface area (Å²) < 4.78 is 17.4. The van der Waals surface area contributed by atoms with Gasteiger partial charge in [-0.3, -0.25) is 4.79 Å². The van der Waals surface area contributed by atoms with Crippen LogP contribution in [0.3, 0.4) is 0 Å². The average Bonchev–Trinajstić information content (AvgIpc) is 3.10. The lowest BCUT2D eigenvalue weighted by molar-refractivity contribution is 0.0295. The molecule has 0 radical (unpaired) electrons. The molecule has 0 atom stereocenters. The van der Waals surface area contributed by atoms with E-state index in [4.69, 9.17) is 13.9 Å². The van der Waals surface area contributed by atoms with Crippen LogP contribution in [0.2, 0.25) is 0 Å². The second kappa shape index (κ2) is 7.61. The Morgan fingerprint density at radius 2 is 1.86 bits per heavy atom. The highest BCUT2D eigenvalue weighted by atomic mass is 16.6. The zero-order chi connectivity index (χ0) is 19.5. The minimum absolute atomic E-state index is 0.0523. The van der Waals surface area contributed by atoms with Crippen molar-refractivity contribution in [1.82, 2.24) is 15.0 Å². The highest BCUT2D eigenvalue weighted by Crippen LogP contribution is 2.27. The summed E-state index contributed by atoms with van der Waals surface area (Å²) in [5.41, 5.74) is 1.26. The summed E-state index contributed by atoms with van der Waals surface area (Å²) in [4.78, 5) is 25.1. The van der Waals surface area contributed by atoms with Gasteiger partial charge in [0.2, 0.25) is 5.76 Å². The molecule has 2 aromatic carbocycles. The lowest BCUT2D eigenvalue weighted by Gasteiger charge is -2.07. The first-order valence-corrected chi connectivity index (χ1v) is 8.77.